The molecule has 2 aromatic heterocycles. The van der Waals surface area contributed by atoms with E-state index in [9.17, 15) is 0 Å². The van der Waals surface area contributed by atoms with Crippen molar-refractivity contribution in [3.8, 4) is 44.5 Å². The van der Waals surface area contributed by atoms with E-state index in [-0.39, 0.29) is 0 Å². The molecular formula is C56H38N2. The van der Waals surface area contributed by atoms with Gasteiger partial charge in [0.1, 0.15) is 0 Å². The molecule has 0 saturated carbocycles. The van der Waals surface area contributed by atoms with Gasteiger partial charge in [0, 0.05) is 38.8 Å². The van der Waals surface area contributed by atoms with Crippen molar-refractivity contribution < 1.29 is 0 Å². The zero-order valence-corrected chi connectivity index (χ0v) is 31.8. The van der Waals surface area contributed by atoms with Crippen molar-refractivity contribution in [2.24, 2.45) is 0 Å². The first-order chi connectivity index (χ1) is 28.8. The van der Waals surface area contributed by atoms with E-state index in [4.69, 9.17) is 0 Å². The maximum atomic E-state index is 2.48. The molecule has 0 aliphatic carbocycles. The van der Waals surface area contributed by atoms with E-state index in [2.05, 4.69) is 240 Å². The maximum absolute atomic E-state index is 2.48. The number of hydrogen-bond acceptors (Lipinski definition) is 1. The van der Waals surface area contributed by atoms with Gasteiger partial charge < -0.3 is 9.30 Å². The molecule has 2 heteroatoms. The summed E-state index contributed by atoms with van der Waals surface area (Å²) in [6.45, 7) is 0. The molecule has 0 bridgehead atoms. The molecule has 0 N–H and O–H groups in total. The van der Waals surface area contributed by atoms with E-state index in [1.54, 1.807) is 0 Å². The van der Waals surface area contributed by atoms with Crippen LogP contribution in [-0.4, -0.2) is 4.40 Å². The Labute approximate surface area is 338 Å². The van der Waals surface area contributed by atoms with Gasteiger partial charge in [-0.15, -0.1) is 0 Å². The highest BCUT2D eigenvalue weighted by Gasteiger charge is 2.20. The van der Waals surface area contributed by atoms with Crippen molar-refractivity contribution in [3.63, 3.8) is 0 Å². The van der Waals surface area contributed by atoms with E-state index < -0.39 is 0 Å². The number of hydrogen-bond donors (Lipinski definition) is 0. The monoisotopic (exact) mass is 738 g/mol. The fraction of sp³-hybridized carbons (Fsp3) is 0. The molecule has 0 fully saturated rings. The highest BCUT2D eigenvalue weighted by Crippen LogP contribution is 2.44. The minimum atomic E-state index is 1.10. The van der Waals surface area contributed by atoms with E-state index in [0.29, 0.717) is 0 Å². The highest BCUT2D eigenvalue weighted by atomic mass is 15.1. The summed E-state index contributed by atoms with van der Waals surface area (Å²) in [6.07, 6.45) is 0. The Morgan fingerprint density at radius 2 is 0.638 bits per heavy atom. The molecule has 0 spiro atoms. The molecule has 0 radical (unpaired) electrons. The highest BCUT2D eigenvalue weighted by molar-refractivity contribution is 6.22. The molecule has 0 amide bonds. The number of rotatable bonds is 7. The zero-order chi connectivity index (χ0) is 38.4. The third-order valence-corrected chi connectivity index (χ3v) is 11.6. The molecule has 272 valence electrons. The van der Waals surface area contributed by atoms with Gasteiger partial charge in [0.05, 0.1) is 16.6 Å². The summed E-state index contributed by atoms with van der Waals surface area (Å²) >= 11 is 0. The molecule has 0 aliphatic rings. The van der Waals surface area contributed by atoms with Crippen LogP contribution in [0, 0.1) is 0 Å². The fourth-order valence-electron chi connectivity index (χ4n) is 8.81. The Bertz CT molecular complexity index is 3140. The van der Waals surface area contributed by atoms with Crippen molar-refractivity contribution >= 4 is 55.2 Å². The van der Waals surface area contributed by atoms with Crippen molar-refractivity contribution in [1.82, 2.24) is 4.40 Å². The second-order valence-corrected chi connectivity index (χ2v) is 14.9. The lowest BCUT2D eigenvalue weighted by Crippen LogP contribution is -2.09. The Hall–Kier alpha value is -7.68. The summed E-state index contributed by atoms with van der Waals surface area (Å²) in [4.78, 5) is 2.35. The molecule has 0 saturated heterocycles. The minimum Gasteiger partial charge on any atom is -0.311 e. The van der Waals surface area contributed by atoms with Crippen LogP contribution in [0.3, 0.4) is 0 Å². The van der Waals surface area contributed by atoms with Crippen LogP contribution in [0.1, 0.15) is 0 Å². The second-order valence-electron chi connectivity index (χ2n) is 14.9. The van der Waals surface area contributed by atoms with Gasteiger partial charge in [-0.1, -0.05) is 176 Å². The Balaban J connectivity index is 1.05. The van der Waals surface area contributed by atoms with Gasteiger partial charge in [-0.05, 0) is 98.9 Å². The summed E-state index contributed by atoms with van der Waals surface area (Å²) < 4.78 is 2.48. The van der Waals surface area contributed by atoms with Gasteiger partial charge in [-0.3, -0.25) is 0 Å². The third kappa shape index (κ3) is 5.74. The lowest BCUT2D eigenvalue weighted by molar-refractivity contribution is 1.28. The predicted molar refractivity (Wildman–Crippen MR) is 246 cm³/mol. The van der Waals surface area contributed by atoms with Crippen molar-refractivity contribution in [1.29, 1.82) is 0 Å². The molecule has 11 aromatic rings. The first-order valence-corrected chi connectivity index (χ1v) is 19.9. The lowest BCUT2D eigenvalue weighted by atomic mass is 9.95. The summed E-state index contributed by atoms with van der Waals surface area (Å²) in [6, 6.07) is 83.5. The standard InChI is InChI=1S/C56H38N2/c1-4-14-39(15-5-1)41-24-31-46(32-25-41)57(47-33-26-42(27-34-47)40-16-6-2-7-17-40)48-35-28-43(29-36-48)45-30-37-49-50-20-10-12-22-53(50)58-54-23-13-11-21-51(54)55(56(58)52(49)38-45)44-18-8-3-9-19-44/h1-38H. The number of nitrogens with zero attached hydrogens (tertiary/aromatic N) is 2. The fourth-order valence-corrected chi connectivity index (χ4v) is 8.81. The van der Waals surface area contributed by atoms with Gasteiger partial charge >= 0.3 is 0 Å². The summed E-state index contributed by atoms with van der Waals surface area (Å²) in [5.74, 6) is 0. The first kappa shape index (κ1) is 33.6. The molecule has 0 aliphatic heterocycles. The summed E-state index contributed by atoms with van der Waals surface area (Å²) in [7, 11) is 0. The number of aromatic nitrogens is 1. The van der Waals surface area contributed by atoms with Crippen LogP contribution in [0.5, 0.6) is 0 Å². The number of fused-ring (bicyclic) bond motifs is 8. The van der Waals surface area contributed by atoms with E-state index in [1.165, 1.54) is 82.6 Å². The second kappa shape index (κ2) is 14.1. The maximum Gasteiger partial charge on any atom is 0.0626 e. The number of anilines is 3. The van der Waals surface area contributed by atoms with Gasteiger partial charge in [0.25, 0.3) is 0 Å². The number of pyridine rings is 1. The molecule has 58 heavy (non-hydrogen) atoms. The van der Waals surface area contributed by atoms with Crippen LogP contribution >= 0.6 is 0 Å². The largest absolute Gasteiger partial charge is 0.311 e. The molecule has 2 nitrogen and oxygen atoms in total. The average molecular weight is 739 g/mol. The normalized spacial score (nSPS) is 11.4. The summed E-state index contributed by atoms with van der Waals surface area (Å²) in [5, 5.41) is 5.01. The number of para-hydroxylation sites is 2. The quantitative estimate of drug-likeness (QED) is 0.148. The minimum absolute atomic E-state index is 1.10. The molecule has 9 aromatic carbocycles. The molecular weight excluding hydrogens is 701 g/mol. The van der Waals surface area contributed by atoms with E-state index in [0.717, 1.165) is 17.1 Å². The molecule has 0 unspecified atom stereocenters. The first-order valence-electron chi connectivity index (χ1n) is 19.9. The summed E-state index contributed by atoms with van der Waals surface area (Å²) in [5.41, 5.74) is 16.7. The van der Waals surface area contributed by atoms with Crippen LogP contribution in [-0.2, 0) is 0 Å². The molecule has 11 rings (SSSR count). The Morgan fingerprint density at radius 1 is 0.259 bits per heavy atom. The Kier molecular flexibility index (Phi) is 8.19. The van der Waals surface area contributed by atoms with E-state index in [1.807, 2.05) is 0 Å². The van der Waals surface area contributed by atoms with Crippen molar-refractivity contribution in [2.75, 3.05) is 4.90 Å². The van der Waals surface area contributed by atoms with Gasteiger partial charge in [0.2, 0.25) is 0 Å². The average Bonchev–Trinajstić information content (AvgIpc) is 3.66. The SMILES string of the molecule is c1ccc(-c2ccc(N(c3ccc(-c4ccccc4)cc3)c3ccc(-c4ccc5c6ccccc6n6c7ccccc7c(-c7ccccc7)c6c5c4)cc3)cc2)cc1. The van der Waals surface area contributed by atoms with Crippen molar-refractivity contribution in [2.45, 2.75) is 0 Å². The van der Waals surface area contributed by atoms with E-state index >= 15 is 0 Å². The van der Waals surface area contributed by atoms with Crippen LogP contribution in [0.25, 0.3) is 82.6 Å². The topological polar surface area (TPSA) is 7.65 Å². The number of benzene rings is 9. The molecule has 0 atom stereocenters. The molecule has 2 heterocycles. The smallest absolute Gasteiger partial charge is 0.0626 e. The lowest BCUT2D eigenvalue weighted by Gasteiger charge is -2.26. The zero-order valence-electron chi connectivity index (χ0n) is 31.8. The van der Waals surface area contributed by atoms with Gasteiger partial charge in [0.15, 0.2) is 0 Å². The van der Waals surface area contributed by atoms with Crippen LogP contribution in [0.4, 0.5) is 17.1 Å². The van der Waals surface area contributed by atoms with Crippen molar-refractivity contribution in [3.05, 3.63) is 231 Å². The van der Waals surface area contributed by atoms with Gasteiger partial charge in [-0.2, -0.15) is 0 Å². The van der Waals surface area contributed by atoms with Crippen LogP contribution in [0.2, 0.25) is 0 Å². The van der Waals surface area contributed by atoms with Crippen LogP contribution in [0.15, 0.2) is 231 Å². The predicted octanol–water partition coefficient (Wildman–Crippen LogP) is 15.5. The Morgan fingerprint density at radius 3 is 1.16 bits per heavy atom. The van der Waals surface area contributed by atoms with Gasteiger partial charge in [-0.25, -0.2) is 0 Å². The van der Waals surface area contributed by atoms with Crippen LogP contribution < -0.4 is 4.90 Å². The third-order valence-electron chi connectivity index (χ3n) is 11.6.